The predicted molar refractivity (Wildman–Crippen MR) is 203 cm³/mol. The fourth-order valence-corrected chi connectivity index (χ4v) is 7.33. The lowest BCUT2D eigenvalue weighted by atomic mass is 9.79. The third-order valence-electron chi connectivity index (χ3n) is 10.3. The molecule has 0 aromatic carbocycles. The lowest BCUT2D eigenvalue weighted by molar-refractivity contribution is -0.152. The highest BCUT2D eigenvalue weighted by Crippen LogP contribution is 2.43. The third kappa shape index (κ3) is 6.72. The van der Waals surface area contributed by atoms with Crippen molar-refractivity contribution < 1.29 is 38.1 Å². The molecule has 0 spiro atoms. The van der Waals surface area contributed by atoms with Crippen molar-refractivity contribution in [2.24, 2.45) is 5.92 Å². The van der Waals surface area contributed by atoms with E-state index < -0.39 is 23.8 Å². The predicted octanol–water partition coefficient (Wildman–Crippen LogP) is 7.11. The zero-order chi connectivity index (χ0) is 38.1. The maximum absolute atomic E-state index is 13.5. The van der Waals surface area contributed by atoms with Gasteiger partial charge in [-0.3, -0.25) is 19.2 Å². The molecule has 3 aromatic heterocycles. The van der Waals surface area contributed by atoms with Gasteiger partial charge in [-0.25, -0.2) is 9.97 Å². The van der Waals surface area contributed by atoms with Crippen LogP contribution in [0.4, 0.5) is 0 Å². The molecule has 3 aliphatic rings. The lowest BCUT2D eigenvalue weighted by Crippen LogP contribution is -2.30. The molecule has 2 unspecified atom stereocenters. The third-order valence-corrected chi connectivity index (χ3v) is 10.3. The quantitative estimate of drug-likeness (QED) is 0.172. The Kier molecular flexibility index (Phi) is 10.3. The SMILES string of the molecule is C=Cc1c(C)c2cc3[nH]c(cc4nc(cc5nc(cc1[nH]2)C(C)=C5CCC(=O)OC)C(CCC(=O)OC)=C4C)c1c3C=CC(C(=O)OC)C1C(=O)OC. The highest BCUT2D eigenvalue weighted by molar-refractivity contribution is 6.00. The minimum atomic E-state index is -1.01. The van der Waals surface area contributed by atoms with Crippen molar-refractivity contribution in [1.82, 2.24) is 19.9 Å². The molecule has 8 bridgehead atoms. The molecular formula is C41H42N4O8. The van der Waals surface area contributed by atoms with Gasteiger partial charge >= 0.3 is 23.9 Å². The highest BCUT2D eigenvalue weighted by Gasteiger charge is 2.40. The zero-order valence-corrected chi connectivity index (χ0v) is 30.9. The molecule has 53 heavy (non-hydrogen) atoms. The molecule has 0 saturated heterocycles. The Balaban J connectivity index is 1.75. The smallest absolute Gasteiger partial charge is 0.314 e. The Hall–Kier alpha value is -6.04. The number of esters is 4. The van der Waals surface area contributed by atoms with Gasteiger partial charge in [0, 0.05) is 51.6 Å². The second kappa shape index (κ2) is 14.9. The van der Waals surface area contributed by atoms with Crippen molar-refractivity contribution in [2.45, 2.75) is 52.4 Å². The number of rotatable bonds is 9. The van der Waals surface area contributed by atoms with Crippen LogP contribution >= 0.6 is 0 Å². The first-order valence-corrected chi connectivity index (χ1v) is 17.2. The van der Waals surface area contributed by atoms with Gasteiger partial charge in [0.15, 0.2) is 0 Å². The number of hydrogen-bond acceptors (Lipinski definition) is 10. The normalized spacial score (nSPS) is 16.3. The summed E-state index contributed by atoms with van der Waals surface area (Å²) in [5.41, 5.74) is 11.9. The summed E-state index contributed by atoms with van der Waals surface area (Å²) in [5, 5.41) is 0. The number of allylic oxidation sites excluding steroid dienone is 4. The standard InChI is InChI=1S/C41H42N4O8/c1-9-23-20(2)28-17-34-26-10-11-27(40(48)52-7)39(41(49)53-8)38(26)35(45-34)18-30-22(4)25(13-15-37(47)51-6)33(44-30)19-32-24(12-14-36(46)50-5)21(3)29(43-32)16-31(23)42-28/h9-11,16-19,27,39,42,45H,1,12-15H2,2-8H3. The van der Waals surface area contributed by atoms with E-state index in [4.69, 9.17) is 28.9 Å². The summed E-state index contributed by atoms with van der Waals surface area (Å²) in [7, 11) is 5.29. The molecule has 0 radical (unpaired) electrons. The number of carbonyl (C=O) groups excluding carboxylic acids is 4. The number of ether oxygens (including phenoxy) is 4. The first kappa shape index (κ1) is 36.7. The highest BCUT2D eigenvalue weighted by atomic mass is 16.5. The van der Waals surface area contributed by atoms with Crippen molar-refractivity contribution in [2.75, 3.05) is 28.4 Å². The van der Waals surface area contributed by atoms with Crippen molar-refractivity contribution in [1.29, 1.82) is 0 Å². The maximum atomic E-state index is 13.5. The number of aromatic amines is 2. The van der Waals surface area contributed by atoms with E-state index in [0.717, 1.165) is 44.5 Å². The Bertz CT molecular complexity index is 2340. The molecular weight excluding hydrogens is 676 g/mol. The Morgan fingerprint density at radius 3 is 1.77 bits per heavy atom. The number of nitrogens with zero attached hydrogens (tertiary/aromatic N) is 2. The molecule has 5 heterocycles. The van der Waals surface area contributed by atoms with Gasteiger partial charge in [-0.2, -0.15) is 0 Å². The molecule has 0 fully saturated rings. The van der Waals surface area contributed by atoms with Crippen molar-refractivity contribution in [3.63, 3.8) is 0 Å². The van der Waals surface area contributed by atoms with E-state index in [1.54, 1.807) is 12.2 Å². The van der Waals surface area contributed by atoms with Crippen LogP contribution in [0.3, 0.4) is 0 Å². The summed E-state index contributed by atoms with van der Waals surface area (Å²) in [4.78, 5) is 68.4. The fourth-order valence-electron chi connectivity index (χ4n) is 7.33. The van der Waals surface area contributed by atoms with Crippen LogP contribution in [-0.2, 0) is 38.1 Å². The number of fused-ring (bicyclic) bond motifs is 11. The molecule has 6 rings (SSSR count). The summed E-state index contributed by atoms with van der Waals surface area (Å²) >= 11 is 0. The molecule has 0 amide bonds. The summed E-state index contributed by atoms with van der Waals surface area (Å²) in [5.74, 6) is -3.80. The molecule has 12 nitrogen and oxygen atoms in total. The number of carbonyl (C=O) groups is 4. The first-order chi connectivity index (χ1) is 25.4. The Morgan fingerprint density at radius 1 is 0.698 bits per heavy atom. The topological polar surface area (TPSA) is 163 Å². The van der Waals surface area contributed by atoms with Crippen LogP contribution in [0, 0.1) is 12.8 Å². The van der Waals surface area contributed by atoms with Crippen LogP contribution < -0.4 is 0 Å². The van der Waals surface area contributed by atoms with Crippen LogP contribution in [0.1, 0.15) is 90.5 Å². The number of methoxy groups -OCH3 is 4. The summed E-state index contributed by atoms with van der Waals surface area (Å²) in [6.45, 7) is 9.98. The van der Waals surface area contributed by atoms with Crippen LogP contribution in [0.5, 0.6) is 0 Å². The maximum Gasteiger partial charge on any atom is 0.314 e. The van der Waals surface area contributed by atoms with Gasteiger partial charge in [0.05, 0.1) is 57.1 Å². The number of H-pyrrole nitrogens is 2. The number of hydrogen-bond donors (Lipinski definition) is 2. The average Bonchev–Trinajstić information content (AvgIpc) is 3.84. The summed E-state index contributed by atoms with van der Waals surface area (Å²) in [6.07, 6.45) is 6.29. The van der Waals surface area contributed by atoms with Gasteiger partial charge in [-0.15, -0.1) is 0 Å². The van der Waals surface area contributed by atoms with Crippen LogP contribution in [-0.4, -0.2) is 72.3 Å². The van der Waals surface area contributed by atoms with Gasteiger partial charge in [0.25, 0.3) is 0 Å². The number of aryl methyl sites for hydroxylation is 1. The van der Waals surface area contributed by atoms with E-state index in [2.05, 4.69) is 16.5 Å². The Labute approximate surface area is 306 Å². The van der Waals surface area contributed by atoms with Crippen LogP contribution in [0.25, 0.3) is 56.5 Å². The molecule has 2 N–H and O–H groups in total. The molecule has 3 aromatic rings. The van der Waals surface area contributed by atoms with Crippen LogP contribution in [0.2, 0.25) is 0 Å². The van der Waals surface area contributed by atoms with Gasteiger partial charge in [-0.05, 0) is 85.7 Å². The van der Waals surface area contributed by atoms with E-state index in [0.29, 0.717) is 57.8 Å². The van der Waals surface area contributed by atoms with Gasteiger partial charge in [-0.1, -0.05) is 24.8 Å². The summed E-state index contributed by atoms with van der Waals surface area (Å²) in [6, 6.07) is 7.66. The average molecular weight is 719 g/mol. The minimum absolute atomic E-state index is 0.122. The van der Waals surface area contributed by atoms with Gasteiger partial charge < -0.3 is 28.9 Å². The van der Waals surface area contributed by atoms with Gasteiger partial charge in [0.1, 0.15) is 5.92 Å². The number of aromatic nitrogens is 4. The molecule has 1 aliphatic carbocycles. The lowest BCUT2D eigenvalue weighted by Gasteiger charge is -2.24. The van der Waals surface area contributed by atoms with E-state index in [9.17, 15) is 19.2 Å². The second-order valence-electron chi connectivity index (χ2n) is 13.1. The van der Waals surface area contributed by atoms with E-state index in [1.807, 2.05) is 51.1 Å². The number of nitrogens with one attached hydrogen (secondary N) is 2. The minimum Gasteiger partial charge on any atom is -0.469 e. The monoisotopic (exact) mass is 718 g/mol. The largest absolute Gasteiger partial charge is 0.469 e. The fraction of sp³-hybridized carbons (Fsp3) is 0.317. The molecule has 0 saturated carbocycles. The summed E-state index contributed by atoms with van der Waals surface area (Å²) < 4.78 is 20.3. The van der Waals surface area contributed by atoms with Gasteiger partial charge in [0.2, 0.25) is 0 Å². The Morgan fingerprint density at radius 2 is 1.25 bits per heavy atom. The van der Waals surface area contributed by atoms with E-state index in [1.165, 1.54) is 28.4 Å². The van der Waals surface area contributed by atoms with E-state index >= 15 is 0 Å². The molecule has 274 valence electrons. The van der Waals surface area contributed by atoms with Crippen molar-refractivity contribution in [3.8, 4) is 0 Å². The van der Waals surface area contributed by atoms with Crippen molar-refractivity contribution >= 4 is 80.4 Å². The second-order valence-corrected chi connectivity index (χ2v) is 13.1. The van der Waals surface area contributed by atoms with E-state index in [-0.39, 0.29) is 24.8 Å². The van der Waals surface area contributed by atoms with Crippen LogP contribution in [0.15, 0.2) is 36.9 Å². The molecule has 2 atom stereocenters. The zero-order valence-electron chi connectivity index (χ0n) is 30.9. The molecule has 12 heteroatoms. The van der Waals surface area contributed by atoms with Crippen molar-refractivity contribution in [3.05, 3.63) is 81.9 Å². The first-order valence-electron chi connectivity index (χ1n) is 17.2. The molecule has 2 aliphatic heterocycles.